The van der Waals surface area contributed by atoms with Crippen LogP contribution in [0.2, 0.25) is 5.02 Å². The Morgan fingerprint density at radius 3 is 2.72 bits per heavy atom. The van der Waals surface area contributed by atoms with Gasteiger partial charge in [0.1, 0.15) is 18.7 Å². The highest BCUT2D eigenvalue weighted by Gasteiger charge is 2.14. The number of benzene rings is 2. The van der Waals surface area contributed by atoms with Crippen molar-refractivity contribution >= 4 is 34.4 Å². The molecule has 0 spiro atoms. The van der Waals surface area contributed by atoms with Gasteiger partial charge < -0.3 is 5.32 Å². The number of fused-ring (bicyclic) bond motifs is 1. The normalized spacial score (nSPS) is 11.0. The molecular formula is C19H14ClFN6O2. The highest BCUT2D eigenvalue weighted by Crippen LogP contribution is 2.15. The van der Waals surface area contributed by atoms with Crippen LogP contribution in [-0.4, -0.2) is 30.5 Å². The third-order valence-electron chi connectivity index (χ3n) is 4.16. The number of amides is 1. The predicted octanol–water partition coefficient (Wildman–Crippen LogP) is 2.47. The lowest BCUT2D eigenvalue weighted by molar-refractivity contribution is -0.116. The molecule has 2 heterocycles. The zero-order valence-corrected chi connectivity index (χ0v) is 15.7. The Bertz CT molecular complexity index is 1250. The fourth-order valence-corrected chi connectivity index (χ4v) is 2.98. The largest absolute Gasteiger partial charge is 0.324 e. The SMILES string of the molecule is O=C(Cn1cnc2c(nnn2Cc2ccc(F)cc2)c1=O)Nc1cccc(Cl)c1. The van der Waals surface area contributed by atoms with E-state index in [1.807, 2.05) is 0 Å². The van der Waals surface area contributed by atoms with Crippen LogP contribution in [0.4, 0.5) is 10.1 Å². The van der Waals surface area contributed by atoms with Gasteiger partial charge in [0, 0.05) is 10.7 Å². The van der Waals surface area contributed by atoms with Crippen molar-refractivity contribution in [3.8, 4) is 0 Å². The molecule has 0 aliphatic rings. The second kappa shape index (κ2) is 7.80. The topological polar surface area (TPSA) is 94.7 Å². The molecule has 146 valence electrons. The highest BCUT2D eigenvalue weighted by molar-refractivity contribution is 6.30. The Morgan fingerprint density at radius 2 is 1.97 bits per heavy atom. The van der Waals surface area contributed by atoms with E-state index in [1.165, 1.54) is 23.1 Å². The lowest BCUT2D eigenvalue weighted by Crippen LogP contribution is -2.28. The van der Waals surface area contributed by atoms with E-state index in [9.17, 15) is 14.0 Å². The van der Waals surface area contributed by atoms with Gasteiger partial charge in [-0.1, -0.05) is 35.0 Å². The fraction of sp³-hybridized carbons (Fsp3) is 0.105. The zero-order valence-electron chi connectivity index (χ0n) is 14.9. The van der Waals surface area contributed by atoms with Crippen molar-refractivity contribution in [2.24, 2.45) is 0 Å². The molecule has 0 saturated heterocycles. The minimum absolute atomic E-state index is 0.0465. The number of nitrogens with zero attached hydrogens (tertiary/aromatic N) is 5. The second-order valence-electron chi connectivity index (χ2n) is 6.28. The lowest BCUT2D eigenvalue weighted by Gasteiger charge is -2.07. The monoisotopic (exact) mass is 412 g/mol. The van der Waals surface area contributed by atoms with Gasteiger partial charge in [0.05, 0.1) is 6.54 Å². The van der Waals surface area contributed by atoms with Gasteiger partial charge in [-0.05, 0) is 35.9 Å². The van der Waals surface area contributed by atoms with Crippen molar-refractivity contribution in [3.63, 3.8) is 0 Å². The summed E-state index contributed by atoms with van der Waals surface area (Å²) in [5.74, 6) is -0.747. The molecule has 0 aliphatic heterocycles. The van der Waals surface area contributed by atoms with Crippen molar-refractivity contribution < 1.29 is 9.18 Å². The van der Waals surface area contributed by atoms with E-state index < -0.39 is 11.5 Å². The maximum atomic E-state index is 13.0. The van der Waals surface area contributed by atoms with Crippen LogP contribution in [0.5, 0.6) is 0 Å². The number of aromatic nitrogens is 5. The second-order valence-corrected chi connectivity index (χ2v) is 6.72. The molecule has 0 unspecified atom stereocenters. The van der Waals surface area contributed by atoms with Gasteiger partial charge in [-0.15, -0.1) is 5.10 Å². The van der Waals surface area contributed by atoms with Crippen LogP contribution in [0.3, 0.4) is 0 Å². The smallest absolute Gasteiger partial charge is 0.283 e. The Morgan fingerprint density at radius 1 is 1.17 bits per heavy atom. The van der Waals surface area contributed by atoms with Gasteiger partial charge in [0.2, 0.25) is 5.91 Å². The first-order valence-corrected chi connectivity index (χ1v) is 8.96. The molecule has 1 N–H and O–H groups in total. The van der Waals surface area contributed by atoms with Gasteiger partial charge >= 0.3 is 0 Å². The third-order valence-corrected chi connectivity index (χ3v) is 4.39. The average molecular weight is 413 g/mol. The first-order chi connectivity index (χ1) is 14.0. The molecule has 29 heavy (non-hydrogen) atoms. The number of rotatable bonds is 5. The maximum absolute atomic E-state index is 13.0. The summed E-state index contributed by atoms with van der Waals surface area (Å²) in [6.07, 6.45) is 1.27. The number of carbonyl (C=O) groups is 1. The molecule has 2 aromatic heterocycles. The molecule has 4 rings (SSSR count). The summed E-state index contributed by atoms with van der Waals surface area (Å²) in [6, 6.07) is 12.6. The third kappa shape index (κ3) is 4.14. The zero-order chi connectivity index (χ0) is 20.4. The van der Waals surface area contributed by atoms with Gasteiger partial charge in [-0.25, -0.2) is 14.1 Å². The predicted molar refractivity (Wildman–Crippen MR) is 105 cm³/mol. The van der Waals surface area contributed by atoms with Gasteiger partial charge in [-0.3, -0.25) is 14.2 Å². The van der Waals surface area contributed by atoms with Crippen LogP contribution in [-0.2, 0) is 17.9 Å². The van der Waals surface area contributed by atoms with E-state index in [1.54, 1.807) is 36.4 Å². The standard InChI is InChI=1S/C19H14ClFN6O2/c20-13-2-1-3-15(8-13)23-16(28)10-26-11-22-18-17(19(26)29)24-25-27(18)9-12-4-6-14(21)7-5-12/h1-8,11H,9-10H2,(H,23,28). The Balaban J connectivity index is 1.54. The molecule has 0 radical (unpaired) electrons. The summed E-state index contributed by atoms with van der Waals surface area (Å²) in [6.45, 7) is 0.0432. The first kappa shape index (κ1) is 18.8. The van der Waals surface area contributed by atoms with Crippen LogP contribution in [0.25, 0.3) is 11.2 Å². The summed E-state index contributed by atoms with van der Waals surface area (Å²) < 4.78 is 15.6. The molecule has 0 fully saturated rings. The van der Waals surface area contributed by atoms with E-state index in [0.717, 1.165) is 10.1 Å². The molecule has 8 nitrogen and oxygen atoms in total. The fourth-order valence-electron chi connectivity index (χ4n) is 2.79. The maximum Gasteiger partial charge on any atom is 0.283 e. The van der Waals surface area contributed by atoms with Gasteiger partial charge in [0.15, 0.2) is 11.2 Å². The summed E-state index contributed by atoms with van der Waals surface area (Å²) in [5.41, 5.74) is 1.15. The first-order valence-electron chi connectivity index (χ1n) is 8.58. The van der Waals surface area contributed by atoms with E-state index in [2.05, 4.69) is 20.6 Å². The average Bonchev–Trinajstić information content (AvgIpc) is 3.09. The van der Waals surface area contributed by atoms with Gasteiger partial charge in [0.25, 0.3) is 5.56 Å². The number of anilines is 1. The molecule has 4 aromatic rings. The quantitative estimate of drug-likeness (QED) is 0.543. The van der Waals surface area contributed by atoms with Crippen LogP contribution in [0, 0.1) is 5.82 Å². The summed E-state index contributed by atoms with van der Waals surface area (Å²) in [7, 11) is 0. The van der Waals surface area contributed by atoms with Crippen molar-refractivity contribution in [3.05, 3.63) is 81.6 Å². The summed E-state index contributed by atoms with van der Waals surface area (Å²) in [4.78, 5) is 29.1. The number of nitrogens with one attached hydrogen (secondary N) is 1. The molecule has 0 saturated carbocycles. The van der Waals surface area contributed by atoms with Crippen molar-refractivity contribution in [2.45, 2.75) is 13.1 Å². The number of hydrogen-bond donors (Lipinski definition) is 1. The number of carbonyl (C=O) groups excluding carboxylic acids is 1. The molecular weight excluding hydrogens is 399 g/mol. The Hall–Kier alpha value is -3.59. The number of halogens is 2. The van der Waals surface area contributed by atoms with E-state index in [4.69, 9.17) is 11.6 Å². The summed E-state index contributed by atoms with van der Waals surface area (Å²) >= 11 is 5.89. The summed E-state index contributed by atoms with van der Waals surface area (Å²) in [5, 5.41) is 11.0. The van der Waals surface area contributed by atoms with E-state index in [-0.39, 0.29) is 30.1 Å². The number of hydrogen-bond acceptors (Lipinski definition) is 5. The van der Waals surface area contributed by atoms with Crippen LogP contribution >= 0.6 is 11.6 Å². The lowest BCUT2D eigenvalue weighted by atomic mass is 10.2. The Kier molecular flexibility index (Phi) is 5.05. The van der Waals surface area contributed by atoms with Gasteiger partial charge in [-0.2, -0.15) is 0 Å². The highest BCUT2D eigenvalue weighted by atomic mass is 35.5. The minimum atomic E-state index is -0.485. The van der Waals surface area contributed by atoms with Crippen LogP contribution in [0.1, 0.15) is 5.56 Å². The Labute approximate surface area is 168 Å². The van der Waals surface area contributed by atoms with Crippen molar-refractivity contribution in [2.75, 3.05) is 5.32 Å². The van der Waals surface area contributed by atoms with Crippen LogP contribution < -0.4 is 10.9 Å². The minimum Gasteiger partial charge on any atom is -0.324 e. The van der Waals surface area contributed by atoms with Crippen molar-refractivity contribution in [1.29, 1.82) is 0 Å². The van der Waals surface area contributed by atoms with Crippen LogP contribution in [0.15, 0.2) is 59.7 Å². The van der Waals surface area contributed by atoms with E-state index in [0.29, 0.717) is 10.7 Å². The molecule has 2 aromatic carbocycles. The molecule has 1 amide bonds. The molecule has 0 atom stereocenters. The van der Waals surface area contributed by atoms with Crippen molar-refractivity contribution in [1.82, 2.24) is 24.5 Å². The molecule has 10 heteroatoms. The van der Waals surface area contributed by atoms with E-state index >= 15 is 0 Å². The molecule has 0 aliphatic carbocycles. The molecule has 0 bridgehead atoms.